The fraction of sp³-hybridized carbons (Fsp3) is 0.625. The molecule has 2 rings (SSSR count). The molecule has 2 fully saturated rings. The Morgan fingerprint density at radius 3 is 2.89 bits per heavy atom. The highest BCUT2D eigenvalue weighted by molar-refractivity contribution is 5.96. The van der Waals surface area contributed by atoms with Crippen molar-refractivity contribution in [2.75, 3.05) is 0 Å². The van der Waals surface area contributed by atoms with Crippen LogP contribution in [-0.4, -0.2) is 28.2 Å². The maximum absolute atomic E-state index is 12.6. The fourth-order valence-electron chi connectivity index (χ4n) is 3.33. The van der Waals surface area contributed by atoms with Crippen LogP contribution in [0, 0.1) is 12.3 Å². The number of terminal acetylenes is 1. The monoisotopic (exact) mass is 259 g/mol. The molecular weight excluding hydrogens is 238 g/mol. The van der Waals surface area contributed by atoms with Crippen LogP contribution >= 0.6 is 0 Å². The maximum atomic E-state index is 12.6. The lowest BCUT2D eigenvalue weighted by Gasteiger charge is -2.38. The van der Waals surface area contributed by atoms with Gasteiger partial charge in [0.05, 0.1) is 6.04 Å². The van der Waals surface area contributed by atoms with E-state index >= 15 is 0 Å². The number of ketones is 1. The molecule has 3 nitrogen and oxygen atoms in total. The van der Waals surface area contributed by atoms with E-state index in [4.69, 9.17) is 6.42 Å². The molecule has 0 saturated carbocycles. The Balaban J connectivity index is 2.42. The second-order valence-electron chi connectivity index (χ2n) is 5.57. The molecule has 0 N–H and O–H groups in total. The molecule has 2 aliphatic rings. The summed E-state index contributed by atoms with van der Waals surface area (Å²) in [5.41, 5.74) is 0.322. The smallest absolute Gasteiger partial charge is 0.224 e. The Labute approximate surface area is 115 Å². The topological polar surface area (TPSA) is 37.4 Å². The van der Waals surface area contributed by atoms with Crippen LogP contribution in [0.4, 0.5) is 0 Å². The van der Waals surface area contributed by atoms with Gasteiger partial charge in [-0.3, -0.25) is 9.59 Å². The van der Waals surface area contributed by atoms with Gasteiger partial charge < -0.3 is 4.90 Å². The third-order valence-corrected chi connectivity index (χ3v) is 4.42. The second-order valence-corrected chi connectivity index (χ2v) is 5.57. The molecule has 3 heteroatoms. The average Bonchev–Trinajstić information content (AvgIpc) is 2.72. The van der Waals surface area contributed by atoms with Crippen LogP contribution in [0.1, 0.15) is 51.9 Å². The summed E-state index contributed by atoms with van der Waals surface area (Å²) in [7, 11) is 0. The molecule has 0 spiro atoms. The number of Topliss-reactive ketones (excluding diaryl/α,β-unsaturated/α-hetero) is 1. The van der Waals surface area contributed by atoms with Gasteiger partial charge in [-0.15, -0.1) is 6.42 Å². The Morgan fingerprint density at radius 1 is 1.53 bits per heavy atom. The fourth-order valence-corrected chi connectivity index (χ4v) is 3.33. The first kappa shape index (κ1) is 13.9. The van der Waals surface area contributed by atoms with Gasteiger partial charge in [-0.05, 0) is 32.1 Å². The van der Waals surface area contributed by atoms with Crippen molar-refractivity contribution in [2.24, 2.45) is 0 Å². The second kappa shape index (κ2) is 5.21. The SMILES string of the molecule is C#C[C@H]1CC[C@@]2(CC(=C)CC)C(=O)CCCC(=O)N12. The summed E-state index contributed by atoms with van der Waals surface area (Å²) in [4.78, 5) is 26.6. The first-order valence-corrected chi connectivity index (χ1v) is 7.03. The van der Waals surface area contributed by atoms with E-state index in [2.05, 4.69) is 12.5 Å². The quantitative estimate of drug-likeness (QED) is 0.576. The molecule has 19 heavy (non-hydrogen) atoms. The Kier molecular flexibility index (Phi) is 3.80. The van der Waals surface area contributed by atoms with Crippen molar-refractivity contribution in [3.63, 3.8) is 0 Å². The Morgan fingerprint density at radius 2 is 2.26 bits per heavy atom. The van der Waals surface area contributed by atoms with Crippen LogP contribution in [0.25, 0.3) is 0 Å². The van der Waals surface area contributed by atoms with Crippen LogP contribution < -0.4 is 0 Å². The normalized spacial score (nSPS) is 30.7. The molecule has 2 heterocycles. The van der Waals surface area contributed by atoms with E-state index in [1.807, 2.05) is 6.92 Å². The highest BCUT2D eigenvalue weighted by atomic mass is 16.2. The number of nitrogens with zero attached hydrogens (tertiary/aromatic N) is 1. The summed E-state index contributed by atoms with van der Waals surface area (Å²) >= 11 is 0. The van der Waals surface area contributed by atoms with Gasteiger partial charge in [0.2, 0.25) is 5.91 Å². The van der Waals surface area contributed by atoms with E-state index in [0.717, 1.165) is 18.4 Å². The minimum atomic E-state index is -0.697. The first-order valence-electron chi connectivity index (χ1n) is 7.03. The van der Waals surface area contributed by atoms with Crippen molar-refractivity contribution in [1.29, 1.82) is 0 Å². The zero-order chi connectivity index (χ0) is 14.0. The van der Waals surface area contributed by atoms with Crippen LogP contribution in [0.3, 0.4) is 0 Å². The Hall–Kier alpha value is -1.56. The summed E-state index contributed by atoms with van der Waals surface area (Å²) in [5, 5.41) is 0. The molecule has 0 aromatic rings. The predicted octanol–water partition coefficient (Wildman–Crippen LogP) is 2.46. The molecule has 2 saturated heterocycles. The summed E-state index contributed by atoms with van der Waals surface area (Å²) in [5.74, 6) is 2.89. The molecule has 2 aliphatic heterocycles. The Bertz CT molecular complexity index is 460. The minimum Gasteiger partial charge on any atom is -0.316 e. The summed E-state index contributed by atoms with van der Waals surface area (Å²) in [6.07, 6.45) is 9.93. The molecule has 0 unspecified atom stereocenters. The van der Waals surface area contributed by atoms with Gasteiger partial charge in [0.15, 0.2) is 5.78 Å². The predicted molar refractivity (Wildman–Crippen MR) is 74.3 cm³/mol. The van der Waals surface area contributed by atoms with Gasteiger partial charge in [-0.2, -0.15) is 0 Å². The van der Waals surface area contributed by atoms with Crippen LogP contribution in [0.2, 0.25) is 0 Å². The molecule has 1 amide bonds. The zero-order valence-electron chi connectivity index (χ0n) is 11.6. The van der Waals surface area contributed by atoms with Gasteiger partial charge in [0, 0.05) is 12.8 Å². The lowest BCUT2D eigenvalue weighted by molar-refractivity contribution is -0.142. The van der Waals surface area contributed by atoms with Gasteiger partial charge in [0.25, 0.3) is 0 Å². The van der Waals surface area contributed by atoms with Crippen molar-refractivity contribution in [2.45, 2.75) is 63.5 Å². The number of hydrogen-bond donors (Lipinski definition) is 0. The van der Waals surface area contributed by atoms with Gasteiger partial charge in [-0.25, -0.2) is 0 Å². The van der Waals surface area contributed by atoms with E-state index < -0.39 is 5.54 Å². The average molecular weight is 259 g/mol. The number of carbonyl (C=O) groups is 2. The molecule has 0 radical (unpaired) electrons. The van der Waals surface area contributed by atoms with Crippen molar-refractivity contribution in [3.8, 4) is 12.3 Å². The van der Waals surface area contributed by atoms with E-state index in [1.165, 1.54) is 0 Å². The van der Waals surface area contributed by atoms with E-state index in [9.17, 15) is 9.59 Å². The highest BCUT2D eigenvalue weighted by Crippen LogP contribution is 2.42. The molecule has 2 atom stereocenters. The molecule has 102 valence electrons. The van der Waals surface area contributed by atoms with Gasteiger partial charge in [0.1, 0.15) is 5.54 Å². The van der Waals surface area contributed by atoms with Crippen molar-refractivity contribution >= 4 is 11.7 Å². The first-order chi connectivity index (χ1) is 9.05. The summed E-state index contributed by atoms with van der Waals surface area (Å²) in [6.45, 7) is 6.05. The van der Waals surface area contributed by atoms with Crippen molar-refractivity contribution in [3.05, 3.63) is 12.2 Å². The molecule has 0 aromatic heterocycles. The van der Waals surface area contributed by atoms with Crippen LogP contribution in [0.5, 0.6) is 0 Å². The number of rotatable bonds is 3. The van der Waals surface area contributed by atoms with Gasteiger partial charge in [-0.1, -0.05) is 25.0 Å². The zero-order valence-corrected chi connectivity index (χ0v) is 11.6. The molecular formula is C16H21NO2. The van der Waals surface area contributed by atoms with Gasteiger partial charge >= 0.3 is 0 Å². The van der Waals surface area contributed by atoms with Crippen molar-refractivity contribution in [1.82, 2.24) is 4.90 Å². The third-order valence-electron chi connectivity index (χ3n) is 4.42. The van der Waals surface area contributed by atoms with E-state index in [-0.39, 0.29) is 17.7 Å². The molecule has 0 bridgehead atoms. The summed E-state index contributed by atoms with van der Waals surface area (Å²) < 4.78 is 0. The van der Waals surface area contributed by atoms with Crippen molar-refractivity contribution < 1.29 is 9.59 Å². The molecule has 0 aromatic carbocycles. The third kappa shape index (κ3) is 2.20. The van der Waals surface area contributed by atoms with Crippen LogP contribution in [0.15, 0.2) is 12.2 Å². The number of carbonyl (C=O) groups excluding carboxylic acids is 2. The lowest BCUT2D eigenvalue weighted by Crippen LogP contribution is -2.54. The largest absolute Gasteiger partial charge is 0.316 e. The maximum Gasteiger partial charge on any atom is 0.224 e. The van der Waals surface area contributed by atoms with E-state index in [0.29, 0.717) is 32.1 Å². The lowest BCUT2D eigenvalue weighted by atomic mass is 9.82. The standard InChI is InChI=1S/C16H21NO2/c1-4-12(3)11-16-10-9-13(5-2)17(16)15(19)8-6-7-14(16)18/h2,13H,3-4,6-11H2,1H3/t13-,16+/m0/s1. The highest BCUT2D eigenvalue weighted by Gasteiger charge is 2.53. The number of fused-ring (bicyclic) bond motifs is 1. The number of amides is 1. The van der Waals surface area contributed by atoms with E-state index in [1.54, 1.807) is 4.90 Å². The minimum absolute atomic E-state index is 0.0372. The van der Waals surface area contributed by atoms with Crippen LogP contribution in [-0.2, 0) is 9.59 Å². The number of hydrogen-bond acceptors (Lipinski definition) is 2. The summed E-state index contributed by atoms with van der Waals surface area (Å²) in [6, 6.07) is -0.223. The molecule has 0 aliphatic carbocycles.